The van der Waals surface area contributed by atoms with Crippen LogP contribution in [-0.4, -0.2) is 76.6 Å². The summed E-state index contributed by atoms with van der Waals surface area (Å²) in [7, 11) is -7.54. The first-order valence-corrected chi connectivity index (χ1v) is 18.6. The van der Waals surface area contributed by atoms with E-state index in [-0.39, 0.29) is 48.5 Å². The van der Waals surface area contributed by atoms with Crippen LogP contribution in [0.4, 0.5) is 4.39 Å². The minimum atomic E-state index is -4.03. The predicted molar refractivity (Wildman–Crippen MR) is 180 cm³/mol. The van der Waals surface area contributed by atoms with Crippen LogP contribution in [0.1, 0.15) is 64.0 Å². The molecule has 1 spiro atoms. The quantitative estimate of drug-likeness (QED) is 0.302. The van der Waals surface area contributed by atoms with Crippen molar-refractivity contribution >= 4 is 49.0 Å². The van der Waals surface area contributed by atoms with E-state index < -0.39 is 54.6 Å². The number of nitrogens with one attached hydrogen (secondary N) is 2. The SMILES string of the molecule is CCN(CC1=C(c2ccc(S(C)(=O)=O)cc2)S(=O)(=O)NC12CCCCC2)C(=O)[C@@H](COCc1ccc(F)cc1)NC(=O)C(C)(C)N.Cl. The summed E-state index contributed by atoms with van der Waals surface area (Å²) in [5, 5.41) is 2.70. The molecule has 1 atom stereocenters. The number of benzene rings is 2. The van der Waals surface area contributed by atoms with Crippen LogP contribution in [0.15, 0.2) is 59.0 Å². The van der Waals surface area contributed by atoms with Crippen LogP contribution in [0.25, 0.3) is 4.91 Å². The molecular weight excluding hydrogens is 671 g/mol. The number of likely N-dealkylation sites (N-methyl/N-ethyl adjacent to an activating group) is 1. The first-order valence-electron chi connectivity index (χ1n) is 15.3. The Labute approximate surface area is 282 Å². The largest absolute Gasteiger partial charge is 0.374 e. The molecule has 1 aliphatic heterocycles. The van der Waals surface area contributed by atoms with E-state index in [9.17, 15) is 30.8 Å². The summed E-state index contributed by atoms with van der Waals surface area (Å²) < 4.78 is 73.7. The predicted octanol–water partition coefficient (Wildman–Crippen LogP) is 3.29. The van der Waals surface area contributed by atoms with Crippen LogP contribution in [0, 0.1) is 5.82 Å². The van der Waals surface area contributed by atoms with Crippen molar-refractivity contribution in [3.63, 3.8) is 0 Å². The van der Waals surface area contributed by atoms with Crippen LogP contribution in [0.5, 0.6) is 0 Å². The van der Waals surface area contributed by atoms with Crippen molar-refractivity contribution < 1.29 is 35.6 Å². The van der Waals surface area contributed by atoms with Gasteiger partial charge < -0.3 is 20.7 Å². The molecule has 2 aliphatic rings. The molecule has 0 bridgehead atoms. The van der Waals surface area contributed by atoms with Gasteiger partial charge in [-0.1, -0.05) is 43.5 Å². The molecule has 4 rings (SSSR count). The van der Waals surface area contributed by atoms with Crippen LogP contribution >= 0.6 is 12.4 Å². The molecule has 47 heavy (non-hydrogen) atoms. The Morgan fingerprint density at radius 3 is 2.21 bits per heavy atom. The van der Waals surface area contributed by atoms with Crippen molar-refractivity contribution in [2.45, 2.75) is 81.5 Å². The summed E-state index contributed by atoms with van der Waals surface area (Å²) in [4.78, 5) is 28.6. The highest BCUT2D eigenvalue weighted by atomic mass is 35.5. The van der Waals surface area contributed by atoms with Crippen molar-refractivity contribution in [2.75, 3.05) is 26.0 Å². The summed E-state index contributed by atoms with van der Waals surface area (Å²) in [6, 6.07) is 10.2. The van der Waals surface area contributed by atoms with Gasteiger partial charge in [-0.15, -0.1) is 12.4 Å². The third kappa shape index (κ3) is 9.18. The number of halogens is 2. The number of carbonyl (C=O) groups excluding carboxylic acids is 2. The smallest absolute Gasteiger partial charge is 0.247 e. The van der Waals surface area contributed by atoms with Gasteiger partial charge in [0.25, 0.3) is 0 Å². The third-order valence-electron chi connectivity index (χ3n) is 8.40. The topological polar surface area (TPSA) is 165 Å². The molecular formula is C32H44ClFN4O7S2. The highest BCUT2D eigenvalue weighted by Gasteiger charge is 2.50. The van der Waals surface area contributed by atoms with E-state index in [1.807, 2.05) is 0 Å². The number of hydrogen-bond acceptors (Lipinski definition) is 8. The molecule has 0 radical (unpaired) electrons. The fourth-order valence-electron chi connectivity index (χ4n) is 5.87. The second kappa shape index (κ2) is 15.1. The molecule has 1 fully saturated rings. The number of nitrogens with two attached hydrogens (primary N) is 1. The monoisotopic (exact) mass is 714 g/mol. The number of sulfone groups is 1. The number of hydrogen-bond donors (Lipinski definition) is 3. The molecule has 1 heterocycles. The lowest BCUT2D eigenvalue weighted by Crippen LogP contribution is -2.58. The number of carbonyl (C=O) groups is 2. The molecule has 2 aromatic carbocycles. The van der Waals surface area contributed by atoms with Gasteiger partial charge in [0, 0.05) is 19.3 Å². The molecule has 2 aromatic rings. The maximum absolute atomic E-state index is 14.1. The Kier molecular flexibility index (Phi) is 12.4. The van der Waals surface area contributed by atoms with E-state index in [1.165, 1.54) is 55.1 Å². The van der Waals surface area contributed by atoms with Crippen molar-refractivity contribution in [1.82, 2.24) is 14.9 Å². The lowest BCUT2D eigenvalue weighted by Gasteiger charge is -2.38. The number of rotatable bonds is 12. The second-order valence-corrected chi connectivity index (χ2v) is 16.2. The van der Waals surface area contributed by atoms with Gasteiger partial charge in [-0.05, 0) is 74.6 Å². The average Bonchev–Trinajstić information content (AvgIpc) is 3.19. The fourth-order valence-corrected chi connectivity index (χ4v) is 8.47. The van der Waals surface area contributed by atoms with E-state index in [0.29, 0.717) is 29.5 Å². The van der Waals surface area contributed by atoms with Crippen LogP contribution in [0.3, 0.4) is 0 Å². The molecule has 0 aromatic heterocycles. The Balaban J connectivity index is 0.00000600. The maximum atomic E-state index is 14.1. The third-order valence-corrected chi connectivity index (χ3v) is 11.2. The zero-order chi connectivity index (χ0) is 33.9. The van der Waals surface area contributed by atoms with Crippen molar-refractivity contribution in [2.24, 2.45) is 5.73 Å². The van der Waals surface area contributed by atoms with E-state index in [1.54, 1.807) is 19.1 Å². The molecule has 0 saturated heterocycles. The van der Waals surface area contributed by atoms with Gasteiger partial charge in [0.1, 0.15) is 11.9 Å². The lowest BCUT2D eigenvalue weighted by atomic mass is 9.76. The summed E-state index contributed by atoms with van der Waals surface area (Å²) in [6.07, 6.45) is 4.68. The summed E-state index contributed by atoms with van der Waals surface area (Å²) in [6.45, 7) is 4.76. The Morgan fingerprint density at radius 1 is 1.09 bits per heavy atom. The van der Waals surface area contributed by atoms with Crippen molar-refractivity contribution in [3.8, 4) is 0 Å². The Morgan fingerprint density at radius 2 is 1.68 bits per heavy atom. The minimum Gasteiger partial charge on any atom is -0.374 e. The standard InChI is InChI=1S/C32H43FN4O7S2.ClH/c1-5-37(29(38)27(35-30(39)31(2,3)34)21-44-20-22-9-13-24(33)14-10-22)19-26-28(23-11-15-25(16-12-23)45(4,40)41)46(42,43)36-32(26)17-7-6-8-18-32;/h9-16,27,36H,5-8,17-21,34H2,1-4H3,(H,35,39);1H/t27-;/m1./s1. The molecule has 0 unspecified atom stereocenters. The van der Waals surface area contributed by atoms with Crippen molar-refractivity contribution in [3.05, 3.63) is 71.0 Å². The van der Waals surface area contributed by atoms with Crippen molar-refractivity contribution in [1.29, 1.82) is 0 Å². The van der Waals surface area contributed by atoms with Gasteiger partial charge >= 0.3 is 0 Å². The van der Waals surface area contributed by atoms with E-state index in [4.69, 9.17) is 10.5 Å². The first kappa shape index (κ1) is 38.6. The highest BCUT2D eigenvalue weighted by molar-refractivity contribution is 7.99. The molecule has 11 nitrogen and oxygen atoms in total. The van der Waals surface area contributed by atoms with Gasteiger partial charge in [-0.2, -0.15) is 0 Å². The minimum absolute atomic E-state index is 0. The zero-order valence-electron chi connectivity index (χ0n) is 27.0. The zero-order valence-corrected chi connectivity index (χ0v) is 29.5. The Hall–Kier alpha value is -2.88. The summed E-state index contributed by atoms with van der Waals surface area (Å²) in [5.74, 6) is -1.47. The maximum Gasteiger partial charge on any atom is 0.247 e. The van der Waals surface area contributed by atoms with E-state index in [2.05, 4.69) is 10.0 Å². The van der Waals surface area contributed by atoms with Gasteiger partial charge in [-0.25, -0.2) is 25.9 Å². The van der Waals surface area contributed by atoms with Gasteiger partial charge in [0.05, 0.1) is 34.1 Å². The number of nitrogens with zero attached hydrogens (tertiary/aromatic N) is 1. The number of amides is 2. The van der Waals surface area contributed by atoms with Gasteiger partial charge in [0.2, 0.25) is 21.8 Å². The number of ether oxygens (including phenoxy) is 1. The summed E-state index contributed by atoms with van der Waals surface area (Å²) in [5.41, 5.74) is 5.31. The summed E-state index contributed by atoms with van der Waals surface area (Å²) >= 11 is 0. The molecule has 1 aliphatic carbocycles. The molecule has 2 amide bonds. The van der Waals surface area contributed by atoms with Gasteiger partial charge in [0.15, 0.2) is 9.84 Å². The lowest BCUT2D eigenvalue weighted by molar-refractivity contribution is -0.139. The fraction of sp³-hybridized carbons (Fsp3) is 0.500. The highest BCUT2D eigenvalue weighted by Crippen LogP contribution is 2.46. The van der Waals surface area contributed by atoms with E-state index >= 15 is 0 Å². The van der Waals surface area contributed by atoms with Crippen LogP contribution in [-0.2, 0) is 40.8 Å². The van der Waals surface area contributed by atoms with E-state index in [0.717, 1.165) is 25.5 Å². The molecule has 260 valence electrons. The van der Waals surface area contributed by atoms with Crippen LogP contribution in [0.2, 0.25) is 0 Å². The molecule has 1 saturated carbocycles. The molecule has 15 heteroatoms. The van der Waals surface area contributed by atoms with Gasteiger partial charge in [-0.3, -0.25) is 9.59 Å². The normalized spacial score (nSPS) is 18.0. The second-order valence-electron chi connectivity index (χ2n) is 12.6. The van der Waals surface area contributed by atoms with Crippen LogP contribution < -0.4 is 15.8 Å². The number of sulfonamides is 1. The molecule has 4 N–H and O–H groups in total. The Bertz CT molecular complexity index is 1690. The average molecular weight is 715 g/mol. The first-order chi connectivity index (χ1) is 21.5.